The van der Waals surface area contributed by atoms with Gasteiger partial charge < -0.3 is 25.0 Å². The van der Waals surface area contributed by atoms with Crippen LogP contribution < -0.4 is 5.32 Å². The fraction of sp³-hybridized carbons (Fsp3) is 0.240. The van der Waals surface area contributed by atoms with E-state index in [0.29, 0.717) is 22.3 Å². The molecule has 0 unspecified atom stereocenters. The van der Waals surface area contributed by atoms with Crippen LogP contribution in [0.3, 0.4) is 0 Å². The number of rotatable bonds is 9. The Morgan fingerprint density at radius 1 is 1.11 bits per heavy atom. The maximum atomic E-state index is 12.6. The van der Waals surface area contributed by atoms with Crippen molar-refractivity contribution >= 4 is 28.9 Å². The molecule has 2 aromatic heterocycles. The van der Waals surface area contributed by atoms with Crippen LogP contribution in [-0.4, -0.2) is 69.5 Å². The van der Waals surface area contributed by atoms with Gasteiger partial charge in [0.2, 0.25) is 1.43 Å². The van der Waals surface area contributed by atoms with Crippen LogP contribution >= 0.6 is 0 Å². The first-order valence-corrected chi connectivity index (χ1v) is 10.8. The van der Waals surface area contributed by atoms with E-state index in [1.165, 1.54) is 24.3 Å². The number of nitrogens with zero attached hydrogens (tertiary/aromatic N) is 4. The number of ether oxygens (including phenoxy) is 2. The van der Waals surface area contributed by atoms with Crippen molar-refractivity contribution in [2.75, 3.05) is 25.6 Å². The Kier molecular flexibility index (Phi) is 8.53. The standard InChI is InChI=1S/C24H23N5O5.CH4O/c1-16(12-30)34-19(13-33-24(32)18-10-6-3-7-11-18)29-15-27-20-21(25-14-26-22(20)29)28-23(31)17-8-4-2-5-9-17;1-2/h2-11,14-16,19,30H,12-13H2,1H3,(H,25,26,28,31);2H,1H3/t16-,19-;/m1./s1/i1D;2T. The topological polar surface area (TPSA) is 149 Å². The summed E-state index contributed by atoms with van der Waals surface area (Å²) in [5, 5.41) is 15.8. The van der Waals surface area contributed by atoms with Gasteiger partial charge in [0.1, 0.15) is 12.9 Å². The lowest BCUT2D eigenvalue weighted by Crippen LogP contribution is -2.26. The van der Waals surface area contributed by atoms with E-state index in [1.54, 1.807) is 54.6 Å². The maximum Gasteiger partial charge on any atom is 0.338 e. The number of amides is 1. The number of aliphatic hydroxyl groups is 2. The van der Waals surface area contributed by atoms with Gasteiger partial charge in [-0.2, -0.15) is 0 Å². The monoisotopic (exact) mass is 496 g/mol. The van der Waals surface area contributed by atoms with E-state index >= 15 is 0 Å². The molecule has 4 aromatic rings. The van der Waals surface area contributed by atoms with Crippen LogP contribution in [0.5, 0.6) is 0 Å². The molecule has 0 spiro atoms. The number of esters is 1. The number of carbonyl (C=O) groups excluding carboxylic acids is 2. The molecule has 2 aromatic carbocycles. The van der Waals surface area contributed by atoms with Gasteiger partial charge in [0.05, 0.1) is 24.6 Å². The molecule has 0 aliphatic rings. The number of aliphatic hydroxyl groups excluding tert-OH is 2. The van der Waals surface area contributed by atoms with Gasteiger partial charge in [0.15, 0.2) is 23.2 Å². The van der Waals surface area contributed by atoms with Gasteiger partial charge in [-0.3, -0.25) is 9.36 Å². The van der Waals surface area contributed by atoms with Crippen LogP contribution in [0.4, 0.5) is 5.82 Å². The first kappa shape index (κ1) is 23.5. The Labute approximate surface area is 210 Å². The van der Waals surface area contributed by atoms with E-state index in [9.17, 15) is 14.7 Å². The summed E-state index contributed by atoms with van der Waals surface area (Å²) >= 11 is 0. The second kappa shape index (κ2) is 13.0. The Hall–Kier alpha value is -4.19. The Morgan fingerprint density at radius 2 is 1.78 bits per heavy atom. The fourth-order valence-corrected chi connectivity index (χ4v) is 3.18. The molecule has 1 amide bonds. The third-order valence-electron chi connectivity index (χ3n) is 4.86. The molecule has 0 aliphatic heterocycles. The number of hydrogen-bond donors (Lipinski definition) is 3. The summed E-state index contributed by atoms with van der Waals surface area (Å²) in [7, 11) is 1.29. The summed E-state index contributed by atoms with van der Waals surface area (Å²) in [6, 6.07) is 17.1. The summed E-state index contributed by atoms with van der Waals surface area (Å²) in [6.07, 6.45) is 0.911. The van der Waals surface area contributed by atoms with E-state index in [4.69, 9.17) is 12.3 Å². The molecule has 0 radical (unpaired) electrons. The van der Waals surface area contributed by atoms with E-state index < -0.39 is 24.9 Å². The van der Waals surface area contributed by atoms with Crippen molar-refractivity contribution in [3.05, 3.63) is 84.4 Å². The van der Waals surface area contributed by atoms with Crippen LogP contribution in [0, 0.1) is 0 Å². The molecule has 0 bridgehead atoms. The van der Waals surface area contributed by atoms with E-state index in [-0.39, 0.29) is 25.2 Å². The van der Waals surface area contributed by atoms with Gasteiger partial charge in [0, 0.05) is 14.0 Å². The smallest absolute Gasteiger partial charge is 0.338 e. The van der Waals surface area contributed by atoms with E-state index in [1.807, 2.05) is 6.07 Å². The van der Waals surface area contributed by atoms with Crippen molar-refractivity contribution in [3.8, 4) is 0 Å². The van der Waals surface area contributed by atoms with Crippen molar-refractivity contribution in [3.63, 3.8) is 0 Å². The quantitative estimate of drug-likeness (QED) is 0.297. The Balaban J connectivity index is 0.00000127. The van der Waals surface area contributed by atoms with Gasteiger partial charge in [-0.15, -0.1) is 0 Å². The van der Waals surface area contributed by atoms with Crippen molar-refractivity contribution in [1.82, 2.24) is 19.5 Å². The molecule has 36 heavy (non-hydrogen) atoms. The molecule has 4 rings (SSSR count). The number of aromatic nitrogens is 4. The zero-order valence-electron chi connectivity index (χ0n) is 21.5. The molecule has 11 heteroatoms. The fourth-order valence-electron chi connectivity index (χ4n) is 3.18. The highest BCUT2D eigenvalue weighted by atomic mass is 16.6. The van der Waals surface area contributed by atoms with Gasteiger partial charge in [-0.05, 0) is 31.2 Å². The van der Waals surface area contributed by atoms with Crippen molar-refractivity contribution in [1.29, 1.82) is 1.43 Å². The van der Waals surface area contributed by atoms with Crippen LogP contribution in [0.2, 0.25) is 0 Å². The molecular formula is C25H27N5O6. The van der Waals surface area contributed by atoms with Gasteiger partial charge in [-0.25, -0.2) is 19.7 Å². The Morgan fingerprint density at radius 3 is 2.42 bits per heavy atom. The van der Waals surface area contributed by atoms with Crippen LogP contribution in [-0.2, 0) is 9.47 Å². The molecule has 0 saturated carbocycles. The third-order valence-corrected chi connectivity index (χ3v) is 4.86. The molecule has 3 N–H and O–H groups in total. The van der Waals surface area contributed by atoms with Crippen LogP contribution in [0.15, 0.2) is 73.3 Å². The third kappa shape index (κ3) is 6.48. The van der Waals surface area contributed by atoms with Gasteiger partial charge >= 0.3 is 5.97 Å². The number of carbonyl (C=O) groups is 2. The summed E-state index contributed by atoms with van der Waals surface area (Å²) in [5.74, 6) is -0.721. The van der Waals surface area contributed by atoms with Crippen LogP contribution in [0.25, 0.3) is 11.2 Å². The Bertz CT molecular complexity index is 1310. The summed E-state index contributed by atoms with van der Waals surface area (Å²) in [5.41, 5.74) is 1.43. The first-order valence-electron chi connectivity index (χ1n) is 11.9. The lowest BCUT2D eigenvalue weighted by molar-refractivity contribution is -0.0910. The van der Waals surface area contributed by atoms with Crippen molar-refractivity contribution < 1.29 is 30.6 Å². The molecule has 2 atom stereocenters. The lowest BCUT2D eigenvalue weighted by Gasteiger charge is -2.22. The highest BCUT2D eigenvalue weighted by molar-refractivity contribution is 6.06. The van der Waals surface area contributed by atoms with Crippen molar-refractivity contribution in [2.24, 2.45) is 0 Å². The molecule has 0 fully saturated rings. The molecule has 2 heterocycles. The normalized spacial score (nSPS) is 12.9. The average Bonchev–Trinajstić information content (AvgIpc) is 3.39. The minimum absolute atomic E-state index is 0.196. The zero-order valence-corrected chi connectivity index (χ0v) is 19.5. The lowest BCUT2D eigenvalue weighted by atomic mass is 10.2. The highest BCUT2D eigenvalue weighted by Gasteiger charge is 2.23. The molecular weight excluding hydrogens is 466 g/mol. The second-order valence-electron chi connectivity index (χ2n) is 7.23. The summed E-state index contributed by atoms with van der Waals surface area (Å²) in [4.78, 5) is 37.8. The van der Waals surface area contributed by atoms with Crippen molar-refractivity contribution in [2.45, 2.75) is 19.2 Å². The predicted octanol–water partition coefficient (Wildman–Crippen LogP) is 2.44. The number of imidazole rings is 1. The summed E-state index contributed by atoms with van der Waals surface area (Å²) in [6.45, 7) is -0.836. The van der Waals surface area contributed by atoms with E-state index in [0.717, 1.165) is 0 Å². The molecule has 0 aliphatic carbocycles. The number of nitrogens with one attached hydrogen (secondary N) is 1. The molecule has 11 nitrogen and oxygen atoms in total. The largest absolute Gasteiger partial charge is 0.457 e. The molecule has 0 saturated heterocycles. The average molecular weight is 497 g/mol. The summed E-state index contributed by atoms with van der Waals surface area (Å²) < 4.78 is 26.1. The second-order valence-corrected chi connectivity index (χ2v) is 7.23. The minimum Gasteiger partial charge on any atom is -0.457 e. The van der Waals surface area contributed by atoms with Gasteiger partial charge in [-0.1, -0.05) is 36.4 Å². The number of fused-ring (bicyclic) bond motifs is 1. The van der Waals surface area contributed by atoms with E-state index in [2.05, 4.69) is 25.4 Å². The number of benzene rings is 2. The maximum absolute atomic E-state index is 12.6. The van der Waals surface area contributed by atoms with Gasteiger partial charge in [0.25, 0.3) is 5.91 Å². The SMILES string of the molecule is [2H]C[C@H](CO)O[C@H](COC(=O)c1ccccc1)n1cnc2c(NC(=O)c3ccccc3)ncnc21.[3H]OC. The van der Waals surface area contributed by atoms with Crippen LogP contribution in [0.1, 0.15) is 35.2 Å². The molecule has 188 valence electrons. The number of hydrogen-bond acceptors (Lipinski definition) is 9. The highest BCUT2D eigenvalue weighted by Crippen LogP contribution is 2.23. The predicted molar refractivity (Wildman–Crippen MR) is 131 cm³/mol. The zero-order chi connectivity index (χ0) is 27.3. The number of anilines is 1. The minimum atomic E-state index is -0.942. The first-order chi connectivity index (χ1) is 18.5.